The lowest BCUT2D eigenvalue weighted by Crippen LogP contribution is -2.41. The molecule has 0 radical (unpaired) electrons. The summed E-state index contributed by atoms with van der Waals surface area (Å²) in [6.07, 6.45) is 1.78. The zero-order valence-electron chi connectivity index (χ0n) is 10.3. The van der Waals surface area contributed by atoms with Gasteiger partial charge >= 0.3 is 0 Å². The van der Waals surface area contributed by atoms with Crippen molar-refractivity contribution in [1.29, 1.82) is 0 Å². The monoisotopic (exact) mass is 238 g/mol. The number of nitrogen functional groups attached to an aromatic ring is 1. The summed E-state index contributed by atoms with van der Waals surface area (Å²) in [5.74, 6) is -0.00347. The topological polar surface area (TPSA) is 47.3 Å². The summed E-state index contributed by atoms with van der Waals surface area (Å²) < 4.78 is 14.0. The van der Waals surface area contributed by atoms with E-state index in [0.717, 1.165) is 12.8 Å². The molecule has 2 rings (SSSR count). The molecule has 1 aromatic rings. The average molecular weight is 238 g/mol. The van der Waals surface area contributed by atoms with Gasteiger partial charge in [-0.25, -0.2) is 4.39 Å². The number of halogens is 1. The molecule has 1 aliphatic rings. The number of benzene rings is 1. The molecular weight excluding hydrogens is 219 g/mol. The van der Waals surface area contributed by atoms with Crippen LogP contribution >= 0.6 is 0 Å². The van der Waals surface area contributed by atoms with E-state index in [1.54, 1.807) is 12.1 Å². The van der Waals surface area contributed by atoms with Crippen LogP contribution in [0.25, 0.3) is 0 Å². The van der Waals surface area contributed by atoms with Crippen molar-refractivity contribution in [2.75, 3.05) is 12.3 Å². The summed E-state index contributed by atoms with van der Waals surface area (Å²) in [5, 5.41) is 0. The van der Waals surface area contributed by atoms with Crippen LogP contribution in [-0.2, 0) is 10.4 Å². The summed E-state index contributed by atoms with van der Waals surface area (Å²) >= 11 is 0. The minimum Gasteiger partial charge on any atom is -0.399 e. The summed E-state index contributed by atoms with van der Waals surface area (Å²) in [4.78, 5) is 5.32. The third-order valence-corrected chi connectivity index (χ3v) is 3.54. The Hall–Kier alpha value is -1.13. The number of hydrogen-bond acceptors (Lipinski definition) is 3. The number of nitrogens with two attached hydrogens (primary N) is 1. The SMILES string of the molecule is CCCC1(c2cc(N)ccc2F)NOCC1C. The molecule has 0 aromatic heterocycles. The standard InChI is InChI=1S/C13H19FN2O/c1-3-6-13(9(2)8-17-16-13)11-7-10(15)4-5-12(11)14/h4-5,7,9,16H,3,6,8,15H2,1-2H3. The summed E-state index contributed by atoms with van der Waals surface area (Å²) in [6, 6.07) is 4.72. The molecule has 0 saturated carbocycles. The van der Waals surface area contributed by atoms with Crippen LogP contribution in [-0.4, -0.2) is 6.61 Å². The van der Waals surface area contributed by atoms with Crippen LogP contribution in [0.3, 0.4) is 0 Å². The highest BCUT2D eigenvalue weighted by atomic mass is 19.1. The average Bonchev–Trinajstić information content (AvgIpc) is 2.65. The number of hydroxylamine groups is 1. The smallest absolute Gasteiger partial charge is 0.128 e. The first kappa shape index (κ1) is 12.3. The third-order valence-electron chi connectivity index (χ3n) is 3.54. The lowest BCUT2D eigenvalue weighted by atomic mass is 9.77. The van der Waals surface area contributed by atoms with E-state index in [-0.39, 0.29) is 11.7 Å². The van der Waals surface area contributed by atoms with Crippen LogP contribution < -0.4 is 11.2 Å². The Morgan fingerprint density at radius 3 is 2.94 bits per heavy atom. The predicted octanol–water partition coefficient (Wildman–Crippen LogP) is 2.57. The Balaban J connectivity index is 2.49. The first-order chi connectivity index (χ1) is 8.10. The quantitative estimate of drug-likeness (QED) is 0.796. The molecule has 1 aliphatic heterocycles. The molecule has 94 valence electrons. The molecule has 3 nitrogen and oxygen atoms in total. The molecule has 3 N–H and O–H groups in total. The van der Waals surface area contributed by atoms with E-state index in [1.165, 1.54) is 6.07 Å². The molecule has 0 amide bonds. The lowest BCUT2D eigenvalue weighted by molar-refractivity contribution is 0.0555. The van der Waals surface area contributed by atoms with Gasteiger partial charge in [-0.3, -0.25) is 0 Å². The minimum absolute atomic E-state index is 0.221. The maximum Gasteiger partial charge on any atom is 0.128 e. The minimum atomic E-state index is -0.450. The highest BCUT2D eigenvalue weighted by Gasteiger charge is 2.43. The van der Waals surface area contributed by atoms with Crippen molar-refractivity contribution in [3.05, 3.63) is 29.6 Å². The Labute approximate surface area is 101 Å². The Kier molecular flexibility index (Phi) is 3.35. The fourth-order valence-corrected chi connectivity index (χ4v) is 2.57. The van der Waals surface area contributed by atoms with Gasteiger partial charge in [-0.1, -0.05) is 20.3 Å². The zero-order valence-corrected chi connectivity index (χ0v) is 10.3. The summed E-state index contributed by atoms with van der Waals surface area (Å²) in [5.41, 5.74) is 9.52. The predicted molar refractivity (Wildman–Crippen MR) is 65.7 cm³/mol. The first-order valence-corrected chi connectivity index (χ1v) is 6.04. The van der Waals surface area contributed by atoms with Crippen LogP contribution in [0, 0.1) is 11.7 Å². The molecule has 0 spiro atoms. The fraction of sp³-hybridized carbons (Fsp3) is 0.538. The highest BCUT2D eigenvalue weighted by molar-refractivity contribution is 5.44. The van der Waals surface area contributed by atoms with Crippen molar-refractivity contribution in [2.45, 2.75) is 32.2 Å². The van der Waals surface area contributed by atoms with Crippen molar-refractivity contribution in [2.24, 2.45) is 5.92 Å². The fourth-order valence-electron chi connectivity index (χ4n) is 2.57. The second kappa shape index (κ2) is 4.63. The van der Waals surface area contributed by atoms with Gasteiger partial charge in [0.05, 0.1) is 12.1 Å². The van der Waals surface area contributed by atoms with Crippen LogP contribution in [0.2, 0.25) is 0 Å². The molecular formula is C13H19FN2O. The second-order valence-electron chi connectivity index (χ2n) is 4.77. The summed E-state index contributed by atoms with van der Waals surface area (Å²) in [7, 11) is 0. The van der Waals surface area contributed by atoms with Gasteiger partial charge in [-0.15, -0.1) is 0 Å². The van der Waals surface area contributed by atoms with E-state index < -0.39 is 5.54 Å². The van der Waals surface area contributed by atoms with E-state index in [9.17, 15) is 4.39 Å². The van der Waals surface area contributed by atoms with Gasteiger partial charge in [0, 0.05) is 17.2 Å². The Morgan fingerprint density at radius 2 is 2.35 bits per heavy atom. The Bertz CT molecular complexity index is 410. The molecule has 1 fully saturated rings. The van der Waals surface area contributed by atoms with Crippen molar-refractivity contribution in [3.63, 3.8) is 0 Å². The van der Waals surface area contributed by atoms with Crippen molar-refractivity contribution >= 4 is 5.69 Å². The zero-order chi connectivity index (χ0) is 12.5. The summed E-state index contributed by atoms with van der Waals surface area (Å²) in [6.45, 7) is 4.74. The maximum absolute atomic E-state index is 14.0. The molecule has 2 atom stereocenters. The lowest BCUT2D eigenvalue weighted by Gasteiger charge is -2.32. The second-order valence-corrected chi connectivity index (χ2v) is 4.77. The molecule has 1 saturated heterocycles. The van der Waals surface area contributed by atoms with Gasteiger partial charge < -0.3 is 10.6 Å². The van der Waals surface area contributed by atoms with Gasteiger partial charge in [0.25, 0.3) is 0 Å². The van der Waals surface area contributed by atoms with E-state index >= 15 is 0 Å². The first-order valence-electron chi connectivity index (χ1n) is 6.04. The van der Waals surface area contributed by atoms with Crippen LogP contribution in [0.5, 0.6) is 0 Å². The van der Waals surface area contributed by atoms with Gasteiger partial charge in [-0.2, -0.15) is 5.48 Å². The van der Waals surface area contributed by atoms with E-state index in [2.05, 4.69) is 19.3 Å². The third kappa shape index (κ3) is 2.03. The molecule has 0 bridgehead atoms. The molecule has 1 heterocycles. The molecule has 2 unspecified atom stereocenters. The number of hydrogen-bond donors (Lipinski definition) is 2. The number of rotatable bonds is 3. The maximum atomic E-state index is 14.0. The van der Waals surface area contributed by atoms with Crippen LogP contribution in [0.4, 0.5) is 10.1 Å². The molecule has 1 aromatic carbocycles. The Morgan fingerprint density at radius 1 is 1.59 bits per heavy atom. The molecule has 17 heavy (non-hydrogen) atoms. The highest BCUT2D eigenvalue weighted by Crippen LogP contribution is 2.40. The van der Waals surface area contributed by atoms with E-state index in [0.29, 0.717) is 17.9 Å². The van der Waals surface area contributed by atoms with E-state index in [1.807, 2.05) is 0 Å². The van der Waals surface area contributed by atoms with Crippen molar-refractivity contribution in [3.8, 4) is 0 Å². The van der Waals surface area contributed by atoms with Gasteiger partial charge in [-0.05, 0) is 24.6 Å². The van der Waals surface area contributed by atoms with Gasteiger partial charge in [0.15, 0.2) is 0 Å². The van der Waals surface area contributed by atoms with Crippen LogP contribution in [0.1, 0.15) is 32.3 Å². The van der Waals surface area contributed by atoms with Crippen molar-refractivity contribution in [1.82, 2.24) is 5.48 Å². The molecule has 4 heteroatoms. The molecule has 0 aliphatic carbocycles. The van der Waals surface area contributed by atoms with Gasteiger partial charge in [0.1, 0.15) is 5.82 Å². The van der Waals surface area contributed by atoms with Crippen molar-refractivity contribution < 1.29 is 9.23 Å². The van der Waals surface area contributed by atoms with Gasteiger partial charge in [0.2, 0.25) is 0 Å². The normalized spacial score (nSPS) is 28.5. The van der Waals surface area contributed by atoms with E-state index in [4.69, 9.17) is 10.6 Å². The number of anilines is 1. The number of nitrogens with one attached hydrogen (secondary N) is 1. The largest absolute Gasteiger partial charge is 0.399 e. The van der Waals surface area contributed by atoms with Crippen LogP contribution in [0.15, 0.2) is 18.2 Å².